The molecule has 0 aliphatic heterocycles. The number of anilines is 3. The maximum atomic E-state index is 2.39. The van der Waals surface area contributed by atoms with Crippen LogP contribution >= 0.6 is 22.6 Å². The lowest BCUT2D eigenvalue weighted by molar-refractivity contribution is 1.01. The Morgan fingerprint density at radius 2 is 1.06 bits per heavy atom. The first-order valence-corrected chi connectivity index (χ1v) is 12.3. The third-order valence-corrected chi connectivity index (χ3v) is 7.12. The van der Waals surface area contributed by atoms with Gasteiger partial charge in [0.15, 0.2) is 0 Å². The van der Waals surface area contributed by atoms with Crippen LogP contribution in [0.4, 0.5) is 17.1 Å². The molecular weight excluding hydrogens is 513 g/mol. The minimum atomic E-state index is 0.242. The summed E-state index contributed by atoms with van der Waals surface area (Å²) in [7, 11) is 0. The lowest BCUT2D eigenvalue weighted by Gasteiger charge is -2.26. The molecule has 0 amide bonds. The van der Waals surface area contributed by atoms with Crippen molar-refractivity contribution < 1.29 is 0 Å². The van der Waals surface area contributed by atoms with Crippen LogP contribution < -0.4 is 4.90 Å². The van der Waals surface area contributed by atoms with Gasteiger partial charge in [0.25, 0.3) is 0 Å². The molecule has 33 heavy (non-hydrogen) atoms. The Kier molecular flexibility index (Phi) is 5.23. The molecule has 1 unspecified atom stereocenters. The van der Waals surface area contributed by atoms with Gasteiger partial charge in [-0.05, 0) is 98.9 Å². The molecule has 1 aliphatic carbocycles. The average molecular weight is 535 g/mol. The normalized spacial score (nSPS) is 13.9. The highest BCUT2D eigenvalue weighted by Crippen LogP contribution is 2.50. The van der Waals surface area contributed by atoms with Gasteiger partial charge in [-0.15, -0.1) is 0 Å². The van der Waals surface area contributed by atoms with Gasteiger partial charge in [-0.3, -0.25) is 0 Å². The minimum absolute atomic E-state index is 0.242. The van der Waals surface area contributed by atoms with Gasteiger partial charge < -0.3 is 4.90 Å². The van der Waals surface area contributed by atoms with E-state index in [1.807, 2.05) is 0 Å². The molecule has 0 radical (unpaired) electrons. The van der Waals surface area contributed by atoms with Crippen LogP contribution in [-0.2, 0) is 0 Å². The maximum Gasteiger partial charge on any atom is 0.0465 e. The first-order valence-electron chi connectivity index (χ1n) is 11.2. The Bertz CT molecular complexity index is 1410. The average Bonchev–Trinajstić information content (AvgIpc) is 3.20. The van der Waals surface area contributed by atoms with Crippen LogP contribution in [-0.4, -0.2) is 0 Å². The SMILES string of the molecule is Ic1ccc(N(c2ccccc2)c2ccc3c(c2)C(c2ccccc2)c2ccccc2-3)cc1. The summed E-state index contributed by atoms with van der Waals surface area (Å²) in [6.45, 7) is 0. The molecule has 0 bridgehead atoms. The van der Waals surface area contributed by atoms with Crippen LogP contribution in [0.1, 0.15) is 22.6 Å². The van der Waals surface area contributed by atoms with E-state index in [9.17, 15) is 0 Å². The van der Waals surface area contributed by atoms with Crippen molar-refractivity contribution in [1.82, 2.24) is 0 Å². The van der Waals surface area contributed by atoms with Crippen molar-refractivity contribution in [2.45, 2.75) is 5.92 Å². The molecule has 2 heteroatoms. The monoisotopic (exact) mass is 535 g/mol. The fourth-order valence-corrected chi connectivity index (χ4v) is 5.31. The summed E-state index contributed by atoms with van der Waals surface area (Å²) in [6, 6.07) is 46.0. The molecule has 1 aliphatic rings. The highest BCUT2D eigenvalue weighted by Gasteiger charge is 2.30. The van der Waals surface area contributed by atoms with Gasteiger partial charge >= 0.3 is 0 Å². The number of fused-ring (bicyclic) bond motifs is 3. The van der Waals surface area contributed by atoms with Crippen molar-refractivity contribution in [2.75, 3.05) is 4.90 Å². The van der Waals surface area contributed by atoms with Crippen molar-refractivity contribution >= 4 is 39.7 Å². The Morgan fingerprint density at radius 3 is 1.82 bits per heavy atom. The Hall–Kier alpha value is -3.37. The van der Waals surface area contributed by atoms with E-state index < -0.39 is 0 Å². The highest BCUT2D eigenvalue weighted by molar-refractivity contribution is 14.1. The second-order valence-electron chi connectivity index (χ2n) is 8.35. The number of nitrogens with zero attached hydrogens (tertiary/aromatic N) is 1. The van der Waals surface area contributed by atoms with Crippen LogP contribution in [0.25, 0.3) is 11.1 Å². The number of hydrogen-bond donors (Lipinski definition) is 0. The van der Waals surface area contributed by atoms with E-state index in [1.165, 1.54) is 37.1 Å². The second kappa shape index (κ2) is 8.53. The molecule has 1 nitrogen and oxygen atoms in total. The summed E-state index contributed by atoms with van der Waals surface area (Å²) in [6.07, 6.45) is 0. The van der Waals surface area contributed by atoms with E-state index in [0.29, 0.717) is 0 Å². The van der Waals surface area contributed by atoms with E-state index in [1.54, 1.807) is 0 Å². The van der Waals surface area contributed by atoms with Crippen molar-refractivity contribution in [3.8, 4) is 11.1 Å². The second-order valence-corrected chi connectivity index (χ2v) is 9.60. The molecule has 5 aromatic carbocycles. The van der Waals surface area contributed by atoms with Crippen molar-refractivity contribution in [1.29, 1.82) is 0 Å². The first-order chi connectivity index (χ1) is 16.3. The molecule has 158 valence electrons. The first kappa shape index (κ1) is 20.3. The number of hydrogen-bond acceptors (Lipinski definition) is 1. The lowest BCUT2D eigenvalue weighted by atomic mass is 9.89. The van der Waals surface area contributed by atoms with Gasteiger partial charge in [0, 0.05) is 26.6 Å². The molecule has 0 saturated heterocycles. The molecule has 0 fully saturated rings. The van der Waals surface area contributed by atoms with Gasteiger partial charge in [0.2, 0.25) is 0 Å². The molecule has 0 aromatic heterocycles. The molecule has 0 saturated carbocycles. The zero-order valence-electron chi connectivity index (χ0n) is 18.0. The standard InChI is InChI=1S/C31H22IN/c32-23-15-17-25(18-16-23)33(24-11-5-2-6-12-24)26-19-20-28-27-13-7-8-14-29(27)31(30(28)21-26)22-9-3-1-4-10-22/h1-21,31H. The van der Waals surface area contributed by atoms with Gasteiger partial charge in [-0.2, -0.15) is 0 Å². The lowest BCUT2D eigenvalue weighted by Crippen LogP contribution is -2.10. The van der Waals surface area contributed by atoms with Gasteiger partial charge in [0.1, 0.15) is 0 Å². The Balaban J connectivity index is 1.55. The number of rotatable bonds is 4. The third-order valence-electron chi connectivity index (χ3n) is 6.40. The van der Waals surface area contributed by atoms with Gasteiger partial charge in [-0.25, -0.2) is 0 Å². The highest BCUT2D eigenvalue weighted by atomic mass is 127. The third kappa shape index (κ3) is 3.65. The molecule has 0 N–H and O–H groups in total. The van der Waals surface area contributed by atoms with E-state index in [0.717, 1.165) is 11.4 Å². The number of benzene rings is 5. The Labute approximate surface area is 208 Å². The zero-order valence-corrected chi connectivity index (χ0v) is 20.2. The molecular formula is C31H22IN. The smallest absolute Gasteiger partial charge is 0.0465 e. The van der Waals surface area contributed by atoms with Crippen LogP contribution in [0, 0.1) is 3.57 Å². The molecule has 6 rings (SSSR count). The fourth-order valence-electron chi connectivity index (χ4n) is 4.95. The zero-order chi connectivity index (χ0) is 22.2. The quantitative estimate of drug-likeness (QED) is 0.204. The summed E-state index contributed by atoms with van der Waals surface area (Å²) in [5, 5.41) is 0. The predicted octanol–water partition coefficient (Wildman–Crippen LogP) is 8.92. The summed E-state index contributed by atoms with van der Waals surface area (Å²) in [5.41, 5.74) is 10.3. The summed E-state index contributed by atoms with van der Waals surface area (Å²) >= 11 is 2.36. The molecule has 1 atom stereocenters. The van der Waals surface area contributed by atoms with Gasteiger partial charge in [-0.1, -0.05) is 78.9 Å². The van der Waals surface area contributed by atoms with Crippen molar-refractivity contribution in [3.63, 3.8) is 0 Å². The van der Waals surface area contributed by atoms with Crippen LogP contribution in [0.15, 0.2) is 127 Å². The largest absolute Gasteiger partial charge is 0.310 e. The minimum Gasteiger partial charge on any atom is -0.310 e. The van der Waals surface area contributed by atoms with Crippen molar-refractivity contribution in [3.05, 3.63) is 148 Å². The van der Waals surface area contributed by atoms with Crippen LogP contribution in [0.5, 0.6) is 0 Å². The van der Waals surface area contributed by atoms with E-state index in [4.69, 9.17) is 0 Å². The summed E-state index contributed by atoms with van der Waals surface area (Å²) in [4.78, 5) is 2.35. The molecule has 5 aromatic rings. The van der Waals surface area contributed by atoms with Crippen LogP contribution in [0.3, 0.4) is 0 Å². The van der Waals surface area contributed by atoms with Crippen LogP contribution in [0.2, 0.25) is 0 Å². The van der Waals surface area contributed by atoms with Crippen molar-refractivity contribution in [2.24, 2.45) is 0 Å². The number of para-hydroxylation sites is 1. The fraction of sp³-hybridized carbons (Fsp3) is 0.0323. The van der Waals surface area contributed by atoms with E-state index >= 15 is 0 Å². The predicted molar refractivity (Wildman–Crippen MR) is 147 cm³/mol. The summed E-state index contributed by atoms with van der Waals surface area (Å²) in [5.74, 6) is 0.242. The molecule has 0 heterocycles. The Morgan fingerprint density at radius 1 is 0.485 bits per heavy atom. The number of halogens is 1. The molecule has 0 spiro atoms. The van der Waals surface area contributed by atoms with Gasteiger partial charge in [0.05, 0.1) is 0 Å². The topological polar surface area (TPSA) is 3.24 Å². The maximum absolute atomic E-state index is 2.39. The van der Waals surface area contributed by atoms with E-state index in [-0.39, 0.29) is 5.92 Å². The summed E-state index contributed by atoms with van der Waals surface area (Å²) < 4.78 is 1.23. The van der Waals surface area contributed by atoms with E-state index in [2.05, 4.69) is 155 Å².